The molecule has 0 aliphatic carbocycles. The summed E-state index contributed by atoms with van der Waals surface area (Å²) in [5, 5.41) is 12.4. The Morgan fingerprint density at radius 2 is 2.00 bits per heavy atom. The van der Waals surface area contributed by atoms with Crippen molar-refractivity contribution in [2.75, 3.05) is 33.7 Å². The second kappa shape index (κ2) is 7.73. The minimum Gasteiger partial charge on any atom is -0.306 e. The molecule has 1 N–H and O–H groups in total. The van der Waals surface area contributed by atoms with E-state index in [2.05, 4.69) is 49.1 Å². The first-order valence-corrected chi connectivity index (χ1v) is 7.07. The van der Waals surface area contributed by atoms with Gasteiger partial charge in [0.05, 0.1) is 12.1 Å². The molecule has 1 heterocycles. The van der Waals surface area contributed by atoms with Crippen molar-refractivity contribution in [2.24, 2.45) is 0 Å². The maximum atomic E-state index is 9.10. The predicted octanol–water partition coefficient (Wildman–Crippen LogP) is 1.29. The minimum absolute atomic E-state index is 0.0151. The van der Waals surface area contributed by atoms with Crippen LogP contribution in [0.3, 0.4) is 0 Å². The monoisotopic (exact) mass is 252 g/mol. The lowest BCUT2D eigenvalue weighted by Crippen LogP contribution is -2.44. The summed E-state index contributed by atoms with van der Waals surface area (Å²) in [5.41, 5.74) is 0. The molecule has 1 saturated heterocycles. The van der Waals surface area contributed by atoms with Gasteiger partial charge in [0.2, 0.25) is 0 Å². The van der Waals surface area contributed by atoms with Crippen molar-refractivity contribution in [3.05, 3.63) is 0 Å². The summed E-state index contributed by atoms with van der Waals surface area (Å²) >= 11 is 0. The van der Waals surface area contributed by atoms with E-state index in [-0.39, 0.29) is 6.04 Å². The Morgan fingerprint density at radius 3 is 2.50 bits per heavy atom. The molecule has 0 radical (unpaired) electrons. The number of hydrogen-bond donors (Lipinski definition) is 1. The molecule has 0 bridgehead atoms. The SMILES string of the molecule is CC(C)NC(C#N)CCN(C)C1CCN(C)CC1. The van der Waals surface area contributed by atoms with Crippen LogP contribution in [0.1, 0.15) is 33.1 Å². The summed E-state index contributed by atoms with van der Waals surface area (Å²) in [5.74, 6) is 0. The van der Waals surface area contributed by atoms with Crippen LogP contribution in [0, 0.1) is 11.3 Å². The smallest absolute Gasteiger partial charge is 0.0967 e. The number of likely N-dealkylation sites (tertiary alicyclic amines) is 1. The first-order valence-electron chi connectivity index (χ1n) is 7.07. The third-order valence-electron chi connectivity index (χ3n) is 3.77. The van der Waals surface area contributed by atoms with E-state index in [9.17, 15) is 0 Å². The fourth-order valence-electron chi connectivity index (χ4n) is 2.54. The molecular formula is C14H28N4. The summed E-state index contributed by atoms with van der Waals surface area (Å²) in [6, 6.07) is 3.41. The highest BCUT2D eigenvalue weighted by molar-refractivity contribution is 4.91. The summed E-state index contributed by atoms with van der Waals surface area (Å²) in [6.45, 7) is 7.57. The van der Waals surface area contributed by atoms with Crippen LogP contribution in [-0.4, -0.2) is 61.7 Å². The molecule has 1 unspecified atom stereocenters. The Morgan fingerprint density at radius 1 is 1.39 bits per heavy atom. The van der Waals surface area contributed by atoms with Crippen molar-refractivity contribution in [3.8, 4) is 6.07 Å². The lowest BCUT2D eigenvalue weighted by atomic mass is 10.0. The molecule has 0 aromatic carbocycles. The number of hydrogen-bond acceptors (Lipinski definition) is 4. The Hall–Kier alpha value is -0.630. The van der Waals surface area contributed by atoms with Crippen LogP contribution in [0.15, 0.2) is 0 Å². The van der Waals surface area contributed by atoms with E-state index >= 15 is 0 Å². The summed E-state index contributed by atoms with van der Waals surface area (Å²) in [4.78, 5) is 4.82. The van der Waals surface area contributed by atoms with E-state index in [1.54, 1.807) is 0 Å². The average Bonchev–Trinajstić information content (AvgIpc) is 2.34. The molecule has 104 valence electrons. The molecule has 1 aliphatic heterocycles. The lowest BCUT2D eigenvalue weighted by molar-refractivity contribution is 0.141. The first-order chi connectivity index (χ1) is 8.52. The van der Waals surface area contributed by atoms with Gasteiger partial charge in [0.15, 0.2) is 0 Å². The second-order valence-electron chi connectivity index (χ2n) is 5.81. The highest BCUT2D eigenvalue weighted by atomic mass is 15.2. The number of piperidine rings is 1. The van der Waals surface area contributed by atoms with Gasteiger partial charge in [-0.15, -0.1) is 0 Å². The molecule has 18 heavy (non-hydrogen) atoms. The second-order valence-corrected chi connectivity index (χ2v) is 5.81. The molecule has 4 nitrogen and oxygen atoms in total. The van der Waals surface area contributed by atoms with E-state index in [1.165, 1.54) is 25.9 Å². The van der Waals surface area contributed by atoms with Gasteiger partial charge in [-0.25, -0.2) is 0 Å². The molecule has 0 aromatic heterocycles. The molecule has 4 heteroatoms. The fraction of sp³-hybridized carbons (Fsp3) is 0.929. The Kier molecular flexibility index (Phi) is 6.62. The quantitative estimate of drug-likeness (QED) is 0.773. The van der Waals surface area contributed by atoms with Gasteiger partial charge in [0.25, 0.3) is 0 Å². The van der Waals surface area contributed by atoms with Crippen molar-refractivity contribution in [2.45, 2.75) is 51.2 Å². The topological polar surface area (TPSA) is 42.3 Å². The molecule has 1 fully saturated rings. The zero-order chi connectivity index (χ0) is 13.5. The molecule has 0 saturated carbocycles. The van der Waals surface area contributed by atoms with Gasteiger partial charge >= 0.3 is 0 Å². The summed E-state index contributed by atoms with van der Waals surface area (Å²) < 4.78 is 0. The first kappa shape index (κ1) is 15.4. The van der Waals surface area contributed by atoms with Gasteiger partial charge < -0.3 is 9.80 Å². The van der Waals surface area contributed by atoms with Crippen LogP contribution < -0.4 is 5.32 Å². The lowest BCUT2D eigenvalue weighted by Gasteiger charge is -2.35. The summed E-state index contributed by atoms with van der Waals surface area (Å²) in [7, 11) is 4.38. The van der Waals surface area contributed by atoms with Crippen molar-refractivity contribution in [1.29, 1.82) is 5.26 Å². The number of nitriles is 1. The van der Waals surface area contributed by atoms with Crippen LogP contribution in [-0.2, 0) is 0 Å². The highest BCUT2D eigenvalue weighted by Gasteiger charge is 2.21. The van der Waals surface area contributed by atoms with E-state index in [1.807, 2.05) is 0 Å². The maximum absolute atomic E-state index is 9.10. The van der Waals surface area contributed by atoms with E-state index in [4.69, 9.17) is 5.26 Å². The van der Waals surface area contributed by atoms with E-state index in [0.29, 0.717) is 12.1 Å². The molecule has 1 aliphatic rings. The minimum atomic E-state index is -0.0151. The van der Waals surface area contributed by atoms with Crippen LogP contribution >= 0.6 is 0 Å². The third kappa shape index (κ3) is 5.34. The van der Waals surface area contributed by atoms with Crippen molar-refractivity contribution in [3.63, 3.8) is 0 Å². The Bertz CT molecular complexity index is 263. The van der Waals surface area contributed by atoms with E-state index in [0.717, 1.165) is 13.0 Å². The number of nitrogens with zero attached hydrogens (tertiary/aromatic N) is 3. The van der Waals surface area contributed by atoms with E-state index < -0.39 is 0 Å². The third-order valence-corrected chi connectivity index (χ3v) is 3.77. The normalized spacial score (nSPS) is 20.3. The van der Waals surface area contributed by atoms with Crippen LogP contribution in [0.5, 0.6) is 0 Å². The number of rotatable bonds is 6. The highest BCUT2D eigenvalue weighted by Crippen LogP contribution is 2.14. The van der Waals surface area contributed by atoms with Gasteiger partial charge in [0, 0.05) is 18.6 Å². The largest absolute Gasteiger partial charge is 0.306 e. The van der Waals surface area contributed by atoms with Crippen molar-refractivity contribution in [1.82, 2.24) is 15.1 Å². The standard InChI is InChI=1S/C14H28N4/c1-12(2)16-13(11-15)5-10-18(4)14-6-8-17(3)9-7-14/h12-14,16H,5-10H2,1-4H3. The van der Waals surface area contributed by atoms with Crippen LogP contribution in [0.2, 0.25) is 0 Å². The van der Waals surface area contributed by atoms with Gasteiger partial charge in [-0.05, 0) is 60.3 Å². The van der Waals surface area contributed by atoms with Crippen molar-refractivity contribution < 1.29 is 0 Å². The molecule has 1 rings (SSSR count). The molecule has 1 atom stereocenters. The van der Waals surface area contributed by atoms with Gasteiger partial charge in [-0.1, -0.05) is 0 Å². The molecule has 0 aromatic rings. The molecular weight excluding hydrogens is 224 g/mol. The fourth-order valence-corrected chi connectivity index (χ4v) is 2.54. The zero-order valence-corrected chi connectivity index (χ0v) is 12.3. The van der Waals surface area contributed by atoms with Crippen LogP contribution in [0.25, 0.3) is 0 Å². The Labute approximate surface area is 112 Å². The summed E-state index contributed by atoms with van der Waals surface area (Å²) in [6.07, 6.45) is 3.42. The Balaban J connectivity index is 2.27. The maximum Gasteiger partial charge on any atom is 0.0967 e. The number of nitrogens with one attached hydrogen (secondary N) is 1. The molecule has 0 spiro atoms. The van der Waals surface area contributed by atoms with Crippen molar-refractivity contribution >= 4 is 0 Å². The molecule has 0 amide bonds. The van der Waals surface area contributed by atoms with Gasteiger partial charge in [-0.2, -0.15) is 5.26 Å². The average molecular weight is 252 g/mol. The van der Waals surface area contributed by atoms with Gasteiger partial charge in [-0.3, -0.25) is 5.32 Å². The zero-order valence-electron chi connectivity index (χ0n) is 12.3. The van der Waals surface area contributed by atoms with Gasteiger partial charge in [0.1, 0.15) is 0 Å². The predicted molar refractivity (Wildman–Crippen MR) is 75.4 cm³/mol. The van der Waals surface area contributed by atoms with Crippen LogP contribution in [0.4, 0.5) is 0 Å².